The van der Waals surface area contributed by atoms with Crippen molar-refractivity contribution < 1.29 is 4.74 Å². The minimum atomic E-state index is 0.573. The fourth-order valence-corrected chi connectivity index (χ4v) is 2.51. The highest BCUT2D eigenvalue weighted by atomic mass is 79.9. The molecule has 0 radical (unpaired) electrons. The van der Waals surface area contributed by atoms with Crippen LogP contribution < -0.4 is 4.74 Å². The lowest BCUT2D eigenvalue weighted by Crippen LogP contribution is -1.95. The van der Waals surface area contributed by atoms with Crippen molar-refractivity contribution in [2.24, 2.45) is 0 Å². The Balaban J connectivity index is 1.85. The molecule has 3 heteroatoms. The molecule has 0 aliphatic carbocycles. The molecule has 0 saturated carbocycles. The van der Waals surface area contributed by atoms with Crippen molar-refractivity contribution in [1.82, 2.24) is 4.98 Å². The van der Waals surface area contributed by atoms with E-state index in [0.29, 0.717) is 6.61 Å². The number of ether oxygens (including phenoxy) is 1. The van der Waals surface area contributed by atoms with Crippen molar-refractivity contribution in [2.45, 2.75) is 6.61 Å². The van der Waals surface area contributed by atoms with Gasteiger partial charge in [0.05, 0.1) is 0 Å². The van der Waals surface area contributed by atoms with Gasteiger partial charge >= 0.3 is 0 Å². The lowest BCUT2D eigenvalue weighted by Gasteiger charge is -2.08. The molecule has 0 spiro atoms. The summed E-state index contributed by atoms with van der Waals surface area (Å²) in [6, 6.07) is 16.1. The number of benzene rings is 2. The van der Waals surface area contributed by atoms with E-state index >= 15 is 0 Å². The van der Waals surface area contributed by atoms with Crippen molar-refractivity contribution >= 4 is 26.7 Å². The highest BCUT2D eigenvalue weighted by Gasteiger charge is 2.03. The molecule has 0 aliphatic rings. The summed E-state index contributed by atoms with van der Waals surface area (Å²) in [7, 11) is 0. The molecule has 0 unspecified atom stereocenters. The van der Waals surface area contributed by atoms with Crippen molar-refractivity contribution in [2.75, 3.05) is 0 Å². The molecule has 1 heterocycles. The highest BCUT2D eigenvalue weighted by Crippen LogP contribution is 2.29. The van der Waals surface area contributed by atoms with Crippen LogP contribution in [0.1, 0.15) is 5.56 Å². The van der Waals surface area contributed by atoms with Gasteiger partial charge in [0, 0.05) is 22.3 Å². The van der Waals surface area contributed by atoms with Crippen LogP contribution in [-0.2, 0) is 6.61 Å². The van der Waals surface area contributed by atoms with E-state index in [1.54, 1.807) is 6.20 Å². The van der Waals surface area contributed by atoms with Crippen molar-refractivity contribution in [1.29, 1.82) is 0 Å². The van der Waals surface area contributed by atoms with Gasteiger partial charge in [0.2, 0.25) is 0 Å². The zero-order valence-corrected chi connectivity index (χ0v) is 11.8. The van der Waals surface area contributed by atoms with Gasteiger partial charge in [-0.3, -0.25) is 4.98 Å². The van der Waals surface area contributed by atoms with Crippen LogP contribution in [-0.4, -0.2) is 4.98 Å². The lowest BCUT2D eigenvalue weighted by molar-refractivity contribution is 0.306. The molecular weight excluding hydrogens is 302 g/mol. The highest BCUT2D eigenvalue weighted by molar-refractivity contribution is 9.10. The Bertz CT molecular complexity index is 697. The van der Waals surface area contributed by atoms with Crippen LogP contribution in [0.2, 0.25) is 0 Å². The average Bonchev–Trinajstić information content (AvgIpc) is 2.46. The fourth-order valence-electron chi connectivity index (χ4n) is 1.95. The van der Waals surface area contributed by atoms with E-state index in [0.717, 1.165) is 26.6 Å². The van der Waals surface area contributed by atoms with Crippen LogP contribution >= 0.6 is 15.9 Å². The molecule has 3 rings (SSSR count). The zero-order chi connectivity index (χ0) is 13.1. The second-order valence-corrected chi connectivity index (χ2v) is 5.13. The Morgan fingerprint density at radius 3 is 2.74 bits per heavy atom. The molecule has 1 aromatic heterocycles. The maximum atomic E-state index is 5.83. The number of fused-ring (bicyclic) bond motifs is 1. The third-order valence-electron chi connectivity index (χ3n) is 2.93. The molecule has 0 bridgehead atoms. The van der Waals surface area contributed by atoms with Gasteiger partial charge in [0.25, 0.3) is 0 Å². The maximum absolute atomic E-state index is 5.83. The summed E-state index contributed by atoms with van der Waals surface area (Å²) < 4.78 is 6.83. The molecule has 19 heavy (non-hydrogen) atoms. The van der Waals surface area contributed by atoms with E-state index in [9.17, 15) is 0 Å². The molecule has 0 fully saturated rings. The summed E-state index contributed by atoms with van der Waals surface area (Å²) in [6.07, 6.45) is 3.64. The summed E-state index contributed by atoms with van der Waals surface area (Å²) in [4.78, 5) is 4.13. The quantitative estimate of drug-likeness (QED) is 0.706. The normalized spacial score (nSPS) is 10.6. The van der Waals surface area contributed by atoms with Gasteiger partial charge in [-0.05, 0) is 45.1 Å². The second-order valence-electron chi connectivity index (χ2n) is 4.28. The van der Waals surface area contributed by atoms with Gasteiger partial charge in [-0.15, -0.1) is 0 Å². The third-order valence-corrected chi connectivity index (χ3v) is 3.58. The van der Waals surface area contributed by atoms with Gasteiger partial charge in [0.15, 0.2) is 0 Å². The molecule has 2 nitrogen and oxygen atoms in total. The third kappa shape index (κ3) is 2.76. The smallest absolute Gasteiger partial charge is 0.121 e. The predicted octanol–water partition coefficient (Wildman–Crippen LogP) is 4.58. The van der Waals surface area contributed by atoms with Gasteiger partial charge in [0.1, 0.15) is 12.4 Å². The molecule has 94 valence electrons. The SMILES string of the molecule is Brc1cc(OCc2ccccc2)cc2ccncc12. The Labute approximate surface area is 120 Å². The van der Waals surface area contributed by atoms with Crippen LogP contribution in [0.4, 0.5) is 0 Å². The monoisotopic (exact) mass is 313 g/mol. The summed E-state index contributed by atoms with van der Waals surface area (Å²) >= 11 is 3.55. The summed E-state index contributed by atoms with van der Waals surface area (Å²) in [5.74, 6) is 0.856. The van der Waals surface area contributed by atoms with Gasteiger partial charge in [-0.25, -0.2) is 0 Å². The number of aromatic nitrogens is 1. The van der Waals surface area contributed by atoms with Crippen molar-refractivity contribution in [3.8, 4) is 5.75 Å². The average molecular weight is 314 g/mol. The van der Waals surface area contributed by atoms with E-state index in [1.807, 2.05) is 42.6 Å². The minimum Gasteiger partial charge on any atom is -0.489 e. The topological polar surface area (TPSA) is 22.1 Å². The van der Waals surface area contributed by atoms with E-state index in [4.69, 9.17) is 4.74 Å². The zero-order valence-electron chi connectivity index (χ0n) is 10.2. The van der Waals surface area contributed by atoms with Crippen LogP contribution in [0.5, 0.6) is 5.75 Å². The molecule has 2 aromatic carbocycles. The first-order chi connectivity index (χ1) is 9.33. The number of rotatable bonds is 3. The van der Waals surface area contributed by atoms with Crippen LogP contribution in [0.25, 0.3) is 10.8 Å². The van der Waals surface area contributed by atoms with Crippen LogP contribution in [0.15, 0.2) is 65.4 Å². The molecular formula is C16H12BrNO. The first-order valence-electron chi connectivity index (χ1n) is 6.03. The van der Waals surface area contributed by atoms with E-state index in [1.165, 1.54) is 0 Å². The van der Waals surface area contributed by atoms with Gasteiger partial charge in [-0.2, -0.15) is 0 Å². The van der Waals surface area contributed by atoms with Crippen LogP contribution in [0.3, 0.4) is 0 Å². The van der Waals surface area contributed by atoms with Crippen molar-refractivity contribution in [3.05, 3.63) is 71.0 Å². The molecule has 0 saturated heterocycles. The minimum absolute atomic E-state index is 0.573. The fraction of sp³-hybridized carbons (Fsp3) is 0.0625. The number of halogens is 1. The first kappa shape index (κ1) is 12.2. The van der Waals surface area contributed by atoms with Gasteiger partial charge in [-0.1, -0.05) is 30.3 Å². The molecule has 0 amide bonds. The Morgan fingerprint density at radius 1 is 1.05 bits per heavy atom. The van der Waals surface area contributed by atoms with E-state index in [2.05, 4.69) is 33.0 Å². The predicted molar refractivity (Wildman–Crippen MR) is 80.2 cm³/mol. The van der Waals surface area contributed by atoms with Crippen molar-refractivity contribution in [3.63, 3.8) is 0 Å². The van der Waals surface area contributed by atoms with Crippen LogP contribution in [0, 0.1) is 0 Å². The van der Waals surface area contributed by atoms with Gasteiger partial charge < -0.3 is 4.74 Å². The molecule has 0 aliphatic heterocycles. The Hall–Kier alpha value is -1.87. The Kier molecular flexibility index (Phi) is 3.47. The largest absolute Gasteiger partial charge is 0.489 e. The summed E-state index contributed by atoms with van der Waals surface area (Å²) in [5.41, 5.74) is 1.16. The number of pyridine rings is 1. The lowest BCUT2D eigenvalue weighted by atomic mass is 10.2. The van der Waals surface area contributed by atoms with E-state index < -0.39 is 0 Å². The van der Waals surface area contributed by atoms with E-state index in [-0.39, 0.29) is 0 Å². The first-order valence-corrected chi connectivity index (χ1v) is 6.82. The second kappa shape index (κ2) is 5.41. The maximum Gasteiger partial charge on any atom is 0.121 e. The molecule has 0 N–H and O–H groups in total. The summed E-state index contributed by atoms with van der Waals surface area (Å²) in [6.45, 7) is 0.573. The standard InChI is InChI=1S/C16H12BrNO/c17-16-9-14(8-13-6-7-18-10-15(13)16)19-11-12-4-2-1-3-5-12/h1-10H,11H2. The molecule has 0 atom stereocenters. The summed E-state index contributed by atoms with van der Waals surface area (Å²) in [5, 5.41) is 2.21. The Morgan fingerprint density at radius 2 is 1.89 bits per heavy atom. The number of hydrogen-bond acceptors (Lipinski definition) is 2. The molecule has 3 aromatic rings. The number of hydrogen-bond donors (Lipinski definition) is 0. The number of nitrogens with zero attached hydrogens (tertiary/aromatic N) is 1.